The molecule has 0 saturated heterocycles. The zero-order chi connectivity index (χ0) is 19.4. The van der Waals surface area contributed by atoms with E-state index in [1.165, 1.54) is 0 Å². The van der Waals surface area contributed by atoms with E-state index in [1.54, 1.807) is 6.20 Å². The van der Waals surface area contributed by atoms with Gasteiger partial charge < -0.3 is 9.67 Å². The number of imidazole rings is 1. The third-order valence-electron chi connectivity index (χ3n) is 5.29. The van der Waals surface area contributed by atoms with Gasteiger partial charge in [-0.15, -0.1) is 0 Å². The molecule has 0 radical (unpaired) electrons. The molecule has 140 valence electrons. The Morgan fingerprint density at radius 3 is 1.61 bits per heavy atom. The van der Waals surface area contributed by atoms with Gasteiger partial charge in [0.05, 0.1) is 0 Å². The molecule has 0 aliphatic rings. The first kappa shape index (κ1) is 18.2. The molecule has 4 rings (SSSR count). The topological polar surface area (TPSA) is 38.1 Å². The Kier molecular flexibility index (Phi) is 5.09. The van der Waals surface area contributed by atoms with Crippen molar-refractivity contribution in [1.29, 1.82) is 0 Å². The summed E-state index contributed by atoms with van der Waals surface area (Å²) < 4.78 is 2.13. The number of aromatic nitrogens is 2. The zero-order valence-corrected chi connectivity index (χ0v) is 15.9. The van der Waals surface area contributed by atoms with E-state index in [4.69, 9.17) is 0 Å². The summed E-state index contributed by atoms with van der Waals surface area (Å²) in [7, 11) is 0. The summed E-state index contributed by atoms with van der Waals surface area (Å²) >= 11 is 0. The van der Waals surface area contributed by atoms with Crippen molar-refractivity contribution < 1.29 is 5.11 Å². The van der Waals surface area contributed by atoms with Crippen molar-refractivity contribution in [3.63, 3.8) is 0 Å². The standard InChI is InChI=1S/C25H24N2O/c1-2-23(28)24-26-18-19-27(24)25(20-12-6-3-7-13-20,21-14-8-4-9-15-21)22-16-10-5-11-17-22/h3-19,23,28H,2H2,1H3. The van der Waals surface area contributed by atoms with Crippen LogP contribution in [0.15, 0.2) is 103 Å². The molecule has 4 aromatic rings. The molecule has 0 saturated carbocycles. The van der Waals surface area contributed by atoms with Gasteiger partial charge in [-0.3, -0.25) is 0 Å². The van der Waals surface area contributed by atoms with E-state index < -0.39 is 11.6 Å². The number of hydrogen-bond acceptors (Lipinski definition) is 2. The Hall–Kier alpha value is -3.17. The summed E-state index contributed by atoms with van der Waals surface area (Å²) in [4.78, 5) is 4.54. The van der Waals surface area contributed by atoms with E-state index in [0.29, 0.717) is 12.2 Å². The largest absolute Gasteiger partial charge is 0.385 e. The SMILES string of the molecule is CCC(O)c1nccn1C(c1ccccc1)(c1ccccc1)c1ccccc1. The van der Waals surface area contributed by atoms with E-state index in [2.05, 4.69) is 82.3 Å². The summed E-state index contributed by atoms with van der Waals surface area (Å²) in [6, 6.07) is 31.3. The molecule has 1 unspecified atom stereocenters. The Morgan fingerprint density at radius 1 is 0.786 bits per heavy atom. The molecule has 1 aromatic heterocycles. The zero-order valence-electron chi connectivity index (χ0n) is 15.9. The first-order valence-electron chi connectivity index (χ1n) is 9.66. The van der Waals surface area contributed by atoms with Crippen LogP contribution >= 0.6 is 0 Å². The molecule has 1 N–H and O–H groups in total. The summed E-state index contributed by atoms with van der Waals surface area (Å²) in [5.41, 5.74) is 2.73. The van der Waals surface area contributed by atoms with Gasteiger partial charge in [0.1, 0.15) is 17.5 Å². The summed E-state index contributed by atoms with van der Waals surface area (Å²) in [6.07, 6.45) is 3.72. The van der Waals surface area contributed by atoms with E-state index >= 15 is 0 Å². The Balaban J connectivity index is 2.13. The highest BCUT2D eigenvalue weighted by Gasteiger charge is 2.40. The van der Waals surface area contributed by atoms with Crippen molar-refractivity contribution in [2.45, 2.75) is 25.0 Å². The van der Waals surface area contributed by atoms with Gasteiger partial charge in [-0.25, -0.2) is 4.98 Å². The van der Waals surface area contributed by atoms with Crippen molar-refractivity contribution >= 4 is 0 Å². The van der Waals surface area contributed by atoms with Crippen LogP contribution in [-0.4, -0.2) is 14.7 Å². The minimum atomic E-state index is -0.634. The maximum atomic E-state index is 10.7. The molecule has 0 aliphatic carbocycles. The molecular formula is C25H24N2O. The second-order valence-electron chi connectivity index (χ2n) is 6.89. The number of aliphatic hydroxyl groups excluding tert-OH is 1. The van der Waals surface area contributed by atoms with Gasteiger partial charge in [-0.1, -0.05) is 97.9 Å². The molecule has 1 atom stereocenters. The molecular weight excluding hydrogens is 344 g/mol. The molecule has 28 heavy (non-hydrogen) atoms. The summed E-state index contributed by atoms with van der Waals surface area (Å²) in [5, 5.41) is 10.7. The molecule has 3 nitrogen and oxygen atoms in total. The Labute approximate surface area is 165 Å². The first-order chi connectivity index (χ1) is 13.8. The normalized spacial score (nSPS) is 12.6. The van der Waals surface area contributed by atoms with Gasteiger partial charge in [0.2, 0.25) is 0 Å². The highest BCUT2D eigenvalue weighted by molar-refractivity contribution is 5.51. The molecule has 3 aromatic carbocycles. The van der Waals surface area contributed by atoms with Gasteiger partial charge >= 0.3 is 0 Å². The number of nitrogens with zero attached hydrogens (tertiary/aromatic N) is 2. The number of benzene rings is 3. The fraction of sp³-hybridized carbons (Fsp3) is 0.160. The van der Waals surface area contributed by atoms with E-state index in [9.17, 15) is 5.11 Å². The van der Waals surface area contributed by atoms with Crippen molar-refractivity contribution in [1.82, 2.24) is 9.55 Å². The molecule has 0 bridgehead atoms. The lowest BCUT2D eigenvalue weighted by atomic mass is 9.76. The van der Waals surface area contributed by atoms with Gasteiger partial charge in [0, 0.05) is 12.4 Å². The molecule has 3 heteroatoms. The van der Waals surface area contributed by atoms with Crippen LogP contribution in [0.2, 0.25) is 0 Å². The third kappa shape index (κ3) is 2.94. The van der Waals surface area contributed by atoms with Crippen LogP contribution in [0.4, 0.5) is 0 Å². The van der Waals surface area contributed by atoms with Gasteiger partial charge in [-0.2, -0.15) is 0 Å². The highest BCUT2D eigenvalue weighted by atomic mass is 16.3. The average molecular weight is 368 g/mol. The number of hydrogen-bond donors (Lipinski definition) is 1. The van der Waals surface area contributed by atoms with Crippen LogP contribution in [0.5, 0.6) is 0 Å². The Morgan fingerprint density at radius 2 is 1.21 bits per heavy atom. The van der Waals surface area contributed by atoms with Crippen LogP contribution in [0.1, 0.15) is 42.0 Å². The minimum absolute atomic E-state index is 0.603. The van der Waals surface area contributed by atoms with Gasteiger partial charge in [0.25, 0.3) is 0 Å². The molecule has 0 amide bonds. The van der Waals surface area contributed by atoms with Crippen molar-refractivity contribution in [2.75, 3.05) is 0 Å². The van der Waals surface area contributed by atoms with Crippen LogP contribution in [0, 0.1) is 0 Å². The smallest absolute Gasteiger partial charge is 0.138 e. The van der Waals surface area contributed by atoms with Crippen molar-refractivity contribution in [3.05, 3.63) is 126 Å². The minimum Gasteiger partial charge on any atom is -0.385 e. The second kappa shape index (κ2) is 7.83. The van der Waals surface area contributed by atoms with Crippen LogP contribution in [-0.2, 0) is 5.54 Å². The second-order valence-corrected chi connectivity index (χ2v) is 6.89. The third-order valence-corrected chi connectivity index (χ3v) is 5.29. The maximum absolute atomic E-state index is 10.7. The molecule has 1 heterocycles. The lowest BCUT2D eigenvalue weighted by Crippen LogP contribution is -2.39. The monoisotopic (exact) mass is 368 g/mol. The van der Waals surface area contributed by atoms with Crippen molar-refractivity contribution in [2.24, 2.45) is 0 Å². The van der Waals surface area contributed by atoms with E-state index in [-0.39, 0.29) is 0 Å². The molecule has 0 aliphatic heterocycles. The van der Waals surface area contributed by atoms with Crippen LogP contribution in [0.3, 0.4) is 0 Å². The van der Waals surface area contributed by atoms with Crippen LogP contribution < -0.4 is 0 Å². The first-order valence-corrected chi connectivity index (χ1v) is 9.66. The van der Waals surface area contributed by atoms with Gasteiger partial charge in [-0.05, 0) is 23.1 Å². The fourth-order valence-corrected chi connectivity index (χ4v) is 3.98. The maximum Gasteiger partial charge on any atom is 0.138 e. The van der Waals surface area contributed by atoms with Crippen LogP contribution in [0.25, 0.3) is 0 Å². The highest BCUT2D eigenvalue weighted by Crippen LogP contribution is 2.42. The number of aliphatic hydroxyl groups is 1. The van der Waals surface area contributed by atoms with E-state index in [0.717, 1.165) is 16.7 Å². The molecule has 0 fully saturated rings. The molecule has 0 spiro atoms. The lowest BCUT2D eigenvalue weighted by molar-refractivity contribution is 0.155. The van der Waals surface area contributed by atoms with Gasteiger partial charge in [0.15, 0.2) is 0 Å². The van der Waals surface area contributed by atoms with E-state index in [1.807, 2.05) is 31.3 Å². The quantitative estimate of drug-likeness (QED) is 0.477. The predicted molar refractivity (Wildman–Crippen MR) is 112 cm³/mol. The lowest BCUT2D eigenvalue weighted by Gasteiger charge is -2.39. The fourth-order valence-electron chi connectivity index (χ4n) is 3.98. The Bertz CT molecular complexity index is 913. The number of rotatable bonds is 6. The average Bonchev–Trinajstić information content (AvgIpc) is 3.26. The summed E-state index contributed by atoms with van der Waals surface area (Å²) in [5.74, 6) is 0.666. The summed E-state index contributed by atoms with van der Waals surface area (Å²) in [6.45, 7) is 1.97. The predicted octanol–water partition coefficient (Wildman–Crippen LogP) is 5.17. The van der Waals surface area contributed by atoms with Crippen molar-refractivity contribution in [3.8, 4) is 0 Å².